The van der Waals surface area contributed by atoms with Gasteiger partial charge in [-0.25, -0.2) is 9.78 Å². The number of ether oxygens (including phenoxy) is 1. The third-order valence-corrected chi connectivity index (χ3v) is 7.42. The van der Waals surface area contributed by atoms with Crippen molar-refractivity contribution in [1.29, 1.82) is 0 Å². The molecule has 6 rings (SSSR count). The fraction of sp³-hybridized carbons (Fsp3) is 0.269. The second-order valence-corrected chi connectivity index (χ2v) is 10.3. The molecule has 1 aliphatic rings. The van der Waals surface area contributed by atoms with E-state index in [4.69, 9.17) is 9.72 Å². The predicted molar refractivity (Wildman–Crippen MR) is 130 cm³/mol. The highest BCUT2D eigenvalue weighted by atomic mass is 32.1. The van der Waals surface area contributed by atoms with Crippen molar-refractivity contribution in [3.05, 3.63) is 98.5 Å². The van der Waals surface area contributed by atoms with E-state index in [1.54, 1.807) is 11.3 Å². The molecule has 0 aliphatic carbocycles. The summed E-state index contributed by atoms with van der Waals surface area (Å²) in [7, 11) is 0. The number of fused-ring (bicyclic) bond motifs is 5. The Hall–Kier alpha value is -3.29. The molecule has 0 spiro atoms. The minimum absolute atomic E-state index is 0.160. The molecule has 0 amide bonds. The molecule has 33 heavy (non-hydrogen) atoms. The molecule has 3 aromatic heterocycles. The third-order valence-electron chi connectivity index (χ3n) is 6.19. The second kappa shape index (κ2) is 7.64. The number of nitrogens with zero attached hydrogens (tertiary/aromatic N) is 4. The standard InChI is InChI=1S/C26H24N4O2S/c1-26(2)14-19-20(16-32-26)33-24-22(19)23-27-21(13-17-9-5-3-6-10-17)28-30(23)25(31)29(24)15-18-11-7-4-8-12-18/h3-12H,13-16H2,1-2H3. The van der Waals surface area contributed by atoms with Crippen LogP contribution in [0.4, 0.5) is 0 Å². The van der Waals surface area contributed by atoms with Crippen molar-refractivity contribution in [3.8, 4) is 0 Å². The summed E-state index contributed by atoms with van der Waals surface area (Å²) in [5, 5.41) is 5.71. The van der Waals surface area contributed by atoms with Crippen molar-refractivity contribution in [3.63, 3.8) is 0 Å². The molecule has 0 bridgehead atoms. The largest absolute Gasteiger partial charge is 0.370 e. The van der Waals surface area contributed by atoms with E-state index in [0.717, 1.165) is 27.8 Å². The monoisotopic (exact) mass is 456 g/mol. The molecule has 7 heteroatoms. The lowest BCUT2D eigenvalue weighted by molar-refractivity contribution is -0.0379. The van der Waals surface area contributed by atoms with Crippen LogP contribution in [0.2, 0.25) is 0 Å². The third kappa shape index (κ3) is 3.57. The molecule has 0 saturated heterocycles. The zero-order chi connectivity index (χ0) is 22.6. The highest BCUT2D eigenvalue weighted by molar-refractivity contribution is 7.19. The lowest BCUT2D eigenvalue weighted by atomic mass is 9.94. The average Bonchev–Trinajstić information content (AvgIpc) is 3.38. The number of rotatable bonds is 4. The molecular weight excluding hydrogens is 432 g/mol. The van der Waals surface area contributed by atoms with Gasteiger partial charge in [0, 0.05) is 17.7 Å². The van der Waals surface area contributed by atoms with E-state index < -0.39 is 0 Å². The van der Waals surface area contributed by atoms with Crippen LogP contribution in [-0.2, 0) is 30.7 Å². The highest BCUT2D eigenvalue weighted by Crippen LogP contribution is 2.40. The minimum Gasteiger partial charge on any atom is -0.370 e. The first-order chi connectivity index (χ1) is 16.0. The van der Waals surface area contributed by atoms with E-state index in [1.165, 1.54) is 15.0 Å². The van der Waals surface area contributed by atoms with Crippen molar-refractivity contribution in [2.24, 2.45) is 0 Å². The molecule has 0 N–H and O–H groups in total. The van der Waals surface area contributed by atoms with Crippen LogP contribution < -0.4 is 5.69 Å². The molecule has 2 aromatic carbocycles. The van der Waals surface area contributed by atoms with E-state index in [0.29, 0.717) is 31.0 Å². The van der Waals surface area contributed by atoms with Gasteiger partial charge in [0.1, 0.15) is 4.83 Å². The highest BCUT2D eigenvalue weighted by Gasteiger charge is 2.32. The Labute approximate surface area is 195 Å². The number of aromatic nitrogens is 4. The smallest absolute Gasteiger partial charge is 0.352 e. The summed E-state index contributed by atoms with van der Waals surface area (Å²) in [6.07, 6.45) is 1.37. The Morgan fingerprint density at radius 1 is 1.03 bits per heavy atom. The summed E-state index contributed by atoms with van der Waals surface area (Å²) in [4.78, 5) is 20.6. The molecule has 0 unspecified atom stereocenters. The van der Waals surface area contributed by atoms with Crippen LogP contribution in [0.3, 0.4) is 0 Å². The molecular formula is C26H24N4O2S. The molecule has 0 radical (unpaired) electrons. The molecule has 0 saturated carbocycles. The lowest BCUT2D eigenvalue weighted by Gasteiger charge is -2.30. The van der Waals surface area contributed by atoms with Crippen molar-refractivity contribution < 1.29 is 4.74 Å². The van der Waals surface area contributed by atoms with E-state index in [2.05, 4.69) is 31.1 Å². The van der Waals surface area contributed by atoms with Crippen molar-refractivity contribution in [2.75, 3.05) is 0 Å². The minimum atomic E-state index is -0.259. The summed E-state index contributed by atoms with van der Waals surface area (Å²) >= 11 is 1.65. The summed E-state index contributed by atoms with van der Waals surface area (Å²) in [5.41, 5.74) is 3.67. The summed E-state index contributed by atoms with van der Waals surface area (Å²) in [6, 6.07) is 20.2. The van der Waals surface area contributed by atoms with Crippen LogP contribution in [0.25, 0.3) is 15.9 Å². The molecule has 166 valence electrons. The molecule has 5 aromatic rings. The Kier molecular flexibility index (Phi) is 4.71. The van der Waals surface area contributed by atoms with Gasteiger partial charge in [-0.15, -0.1) is 16.4 Å². The van der Waals surface area contributed by atoms with E-state index >= 15 is 0 Å². The van der Waals surface area contributed by atoms with Gasteiger partial charge in [0.25, 0.3) is 0 Å². The van der Waals surface area contributed by atoms with Gasteiger partial charge in [-0.3, -0.25) is 4.57 Å². The van der Waals surface area contributed by atoms with Crippen LogP contribution in [-0.4, -0.2) is 24.8 Å². The maximum absolute atomic E-state index is 13.7. The number of hydrogen-bond donors (Lipinski definition) is 0. The topological polar surface area (TPSA) is 61.4 Å². The number of hydrogen-bond acceptors (Lipinski definition) is 5. The van der Waals surface area contributed by atoms with Gasteiger partial charge in [-0.05, 0) is 30.5 Å². The van der Waals surface area contributed by atoms with E-state index in [-0.39, 0.29) is 11.3 Å². The molecule has 4 heterocycles. The first-order valence-corrected chi connectivity index (χ1v) is 11.9. The molecule has 0 atom stereocenters. The van der Waals surface area contributed by atoms with Gasteiger partial charge in [0.05, 0.1) is 24.1 Å². The van der Waals surface area contributed by atoms with Gasteiger partial charge in [0.2, 0.25) is 0 Å². The summed E-state index contributed by atoms with van der Waals surface area (Å²) in [6.45, 7) is 5.27. The Morgan fingerprint density at radius 3 is 2.45 bits per heavy atom. The van der Waals surface area contributed by atoms with Gasteiger partial charge >= 0.3 is 5.69 Å². The van der Waals surface area contributed by atoms with Crippen molar-refractivity contribution >= 4 is 27.2 Å². The average molecular weight is 457 g/mol. The van der Waals surface area contributed by atoms with E-state index in [9.17, 15) is 4.79 Å². The lowest BCUT2D eigenvalue weighted by Crippen LogP contribution is -2.31. The van der Waals surface area contributed by atoms with Gasteiger partial charge in [0.15, 0.2) is 11.5 Å². The Morgan fingerprint density at radius 2 is 1.73 bits per heavy atom. The van der Waals surface area contributed by atoms with Crippen LogP contribution in [0.1, 0.15) is 41.2 Å². The maximum Gasteiger partial charge on any atom is 0.352 e. The van der Waals surface area contributed by atoms with Gasteiger partial charge < -0.3 is 4.74 Å². The van der Waals surface area contributed by atoms with Gasteiger partial charge in [-0.1, -0.05) is 60.7 Å². The number of benzene rings is 2. The predicted octanol–water partition coefficient (Wildman–Crippen LogP) is 4.60. The zero-order valence-electron chi connectivity index (χ0n) is 18.6. The zero-order valence-corrected chi connectivity index (χ0v) is 19.4. The molecule has 6 nitrogen and oxygen atoms in total. The normalized spacial score (nSPS) is 15.2. The van der Waals surface area contributed by atoms with Crippen LogP contribution >= 0.6 is 11.3 Å². The summed E-state index contributed by atoms with van der Waals surface area (Å²) in [5.74, 6) is 0.656. The maximum atomic E-state index is 13.7. The quantitative estimate of drug-likeness (QED) is 0.397. The molecule has 1 aliphatic heterocycles. The fourth-order valence-corrected chi connectivity index (χ4v) is 5.79. The second-order valence-electron chi connectivity index (χ2n) is 9.19. The van der Waals surface area contributed by atoms with E-state index in [1.807, 2.05) is 53.1 Å². The first kappa shape index (κ1) is 20.3. The Bertz CT molecular complexity index is 1530. The summed E-state index contributed by atoms with van der Waals surface area (Å²) < 4.78 is 9.43. The fourth-order valence-electron chi connectivity index (χ4n) is 4.57. The molecule has 0 fully saturated rings. The van der Waals surface area contributed by atoms with Crippen LogP contribution in [0.5, 0.6) is 0 Å². The van der Waals surface area contributed by atoms with Crippen molar-refractivity contribution in [1.82, 2.24) is 19.2 Å². The van der Waals surface area contributed by atoms with Crippen molar-refractivity contribution in [2.45, 2.75) is 45.4 Å². The Balaban J connectivity index is 1.60. The van der Waals surface area contributed by atoms with Crippen LogP contribution in [0.15, 0.2) is 65.5 Å². The SMILES string of the molecule is CC1(C)Cc2c(sc3c2c2nc(Cc4ccccc4)nn2c(=O)n3Cc2ccccc2)CO1. The van der Waals surface area contributed by atoms with Crippen LogP contribution in [0, 0.1) is 0 Å². The first-order valence-electron chi connectivity index (χ1n) is 11.1. The van der Waals surface area contributed by atoms with Gasteiger partial charge in [-0.2, -0.15) is 4.52 Å². The number of thiophene rings is 1.